The van der Waals surface area contributed by atoms with Crippen molar-refractivity contribution in [2.24, 2.45) is 5.92 Å². The lowest BCUT2D eigenvalue weighted by Crippen LogP contribution is -2.32. The molecule has 0 saturated heterocycles. The number of ether oxygens (including phenoxy) is 1. The highest BCUT2D eigenvalue weighted by molar-refractivity contribution is 5.78. The number of esters is 1. The van der Waals surface area contributed by atoms with Crippen LogP contribution in [0.3, 0.4) is 0 Å². The average molecular weight is 276 g/mol. The van der Waals surface area contributed by atoms with E-state index in [1.165, 1.54) is 7.11 Å². The van der Waals surface area contributed by atoms with Gasteiger partial charge in [-0.1, -0.05) is 19.9 Å². The molecule has 6 heteroatoms. The molecule has 0 fully saturated rings. The summed E-state index contributed by atoms with van der Waals surface area (Å²) in [6.45, 7) is 6.06. The minimum Gasteiger partial charge on any atom is -0.467 e. The fraction of sp³-hybridized carbons (Fsp3) is 0.500. The van der Waals surface area contributed by atoms with Crippen molar-refractivity contribution in [1.82, 2.24) is 14.6 Å². The van der Waals surface area contributed by atoms with Crippen LogP contribution in [0, 0.1) is 12.8 Å². The van der Waals surface area contributed by atoms with E-state index in [4.69, 9.17) is 4.74 Å². The van der Waals surface area contributed by atoms with E-state index in [1.54, 1.807) is 4.52 Å². The number of rotatable bonds is 5. The first-order chi connectivity index (χ1) is 9.51. The minimum atomic E-state index is -0.433. The average Bonchev–Trinajstić information content (AvgIpc) is 2.80. The highest BCUT2D eigenvalue weighted by atomic mass is 16.5. The van der Waals surface area contributed by atoms with E-state index in [9.17, 15) is 4.79 Å². The summed E-state index contributed by atoms with van der Waals surface area (Å²) >= 11 is 0. The molecular formula is C14H20N4O2. The summed E-state index contributed by atoms with van der Waals surface area (Å²) in [5.41, 5.74) is 1.74. The Bertz CT molecular complexity index is 606. The molecule has 1 unspecified atom stereocenters. The van der Waals surface area contributed by atoms with Crippen molar-refractivity contribution in [1.29, 1.82) is 0 Å². The molecule has 0 saturated carbocycles. The number of aromatic nitrogens is 3. The van der Waals surface area contributed by atoms with Gasteiger partial charge in [-0.3, -0.25) is 0 Å². The second-order valence-electron chi connectivity index (χ2n) is 5.22. The number of fused-ring (bicyclic) bond motifs is 1. The van der Waals surface area contributed by atoms with Crippen LogP contribution in [-0.2, 0) is 9.53 Å². The number of anilines is 1. The summed E-state index contributed by atoms with van der Waals surface area (Å²) in [6, 6.07) is 5.32. The fourth-order valence-electron chi connectivity index (χ4n) is 2.08. The van der Waals surface area contributed by atoms with E-state index in [0.717, 1.165) is 11.3 Å². The second-order valence-corrected chi connectivity index (χ2v) is 5.22. The molecule has 0 radical (unpaired) electrons. The zero-order valence-electron chi connectivity index (χ0n) is 12.3. The predicted octanol–water partition coefficient (Wildman–Crippen LogP) is 2.04. The summed E-state index contributed by atoms with van der Waals surface area (Å²) in [4.78, 5) is 16.2. The summed E-state index contributed by atoms with van der Waals surface area (Å²) in [5.74, 6) is 0.509. The van der Waals surface area contributed by atoms with Crippen molar-refractivity contribution >= 4 is 17.6 Å². The lowest BCUT2D eigenvalue weighted by atomic mass is 10.0. The topological polar surface area (TPSA) is 68.5 Å². The zero-order chi connectivity index (χ0) is 14.7. The molecule has 0 bridgehead atoms. The third-order valence-corrected chi connectivity index (χ3v) is 3.05. The monoisotopic (exact) mass is 276 g/mol. The first-order valence-corrected chi connectivity index (χ1v) is 6.68. The van der Waals surface area contributed by atoms with Crippen molar-refractivity contribution in [2.75, 3.05) is 12.4 Å². The predicted molar refractivity (Wildman–Crippen MR) is 76.6 cm³/mol. The van der Waals surface area contributed by atoms with Gasteiger partial charge >= 0.3 is 5.97 Å². The van der Waals surface area contributed by atoms with E-state index >= 15 is 0 Å². The van der Waals surface area contributed by atoms with Crippen LogP contribution in [-0.4, -0.2) is 33.7 Å². The Morgan fingerprint density at radius 3 is 2.80 bits per heavy atom. The molecule has 2 rings (SSSR count). The molecule has 6 nitrogen and oxygen atoms in total. The van der Waals surface area contributed by atoms with Gasteiger partial charge in [-0.25, -0.2) is 9.31 Å². The lowest BCUT2D eigenvalue weighted by Gasteiger charge is -2.16. The van der Waals surface area contributed by atoms with Gasteiger partial charge in [0.15, 0.2) is 5.65 Å². The van der Waals surface area contributed by atoms with Gasteiger partial charge in [0.25, 0.3) is 0 Å². The SMILES string of the molecule is COC(=O)C(CC(C)C)Nc1nc2cccc(C)n2n1. The summed E-state index contributed by atoms with van der Waals surface area (Å²) < 4.78 is 6.56. The number of pyridine rings is 1. The minimum absolute atomic E-state index is 0.297. The Morgan fingerprint density at radius 2 is 2.20 bits per heavy atom. The third-order valence-electron chi connectivity index (χ3n) is 3.05. The molecule has 2 aromatic rings. The molecule has 0 aliphatic carbocycles. The number of nitrogens with one attached hydrogen (secondary N) is 1. The van der Waals surface area contributed by atoms with Crippen LogP contribution < -0.4 is 5.32 Å². The Kier molecular flexibility index (Phi) is 4.22. The molecular weight excluding hydrogens is 256 g/mol. The summed E-state index contributed by atoms with van der Waals surface area (Å²) in [6.07, 6.45) is 0.668. The van der Waals surface area contributed by atoms with Crippen molar-refractivity contribution in [2.45, 2.75) is 33.2 Å². The largest absolute Gasteiger partial charge is 0.467 e. The highest BCUT2D eigenvalue weighted by Crippen LogP contribution is 2.13. The van der Waals surface area contributed by atoms with Crippen molar-refractivity contribution in [3.63, 3.8) is 0 Å². The Hall–Kier alpha value is -2.11. The van der Waals surface area contributed by atoms with Gasteiger partial charge in [-0.05, 0) is 31.4 Å². The molecule has 0 aromatic carbocycles. The molecule has 0 spiro atoms. The van der Waals surface area contributed by atoms with Gasteiger partial charge in [-0.15, -0.1) is 5.10 Å². The van der Waals surface area contributed by atoms with Crippen LogP contribution in [0.15, 0.2) is 18.2 Å². The molecule has 2 heterocycles. The van der Waals surface area contributed by atoms with Gasteiger partial charge in [0.05, 0.1) is 7.11 Å². The van der Waals surface area contributed by atoms with Gasteiger partial charge in [0.1, 0.15) is 6.04 Å². The van der Waals surface area contributed by atoms with Gasteiger partial charge in [-0.2, -0.15) is 4.98 Å². The number of hydrogen-bond donors (Lipinski definition) is 1. The first-order valence-electron chi connectivity index (χ1n) is 6.68. The van der Waals surface area contributed by atoms with Crippen LogP contribution in [0.4, 0.5) is 5.95 Å². The van der Waals surface area contributed by atoms with Gasteiger partial charge < -0.3 is 10.1 Å². The summed E-state index contributed by atoms with van der Waals surface area (Å²) in [7, 11) is 1.39. The van der Waals surface area contributed by atoms with Gasteiger partial charge in [0, 0.05) is 5.69 Å². The maximum atomic E-state index is 11.8. The van der Waals surface area contributed by atoms with Crippen molar-refractivity contribution < 1.29 is 9.53 Å². The summed E-state index contributed by atoms with van der Waals surface area (Å²) in [5, 5.41) is 7.42. The third kappa shape index (κ3) is 3.07. The Labute approximate surface area is 118 Å². The number of nitrogens with zero attached hydrogens (tertiary/aromatic N) is 3. The van der Waals surface area contributed by atoms with Crippen LogP contribution in [0.2, 0.25) is 0 Å². The fourth-order valence-corrected chi connectivity index (χ4v) is 2.08. The number of methoxy groups -OCH3 is 1. The number of aryl methyl sites for hydroxylation is 1. The van der Waals surface area contributed by atoms with Crippen LogP contribution in [0.1, 0.15) is 26.0 Å². The quantitative estimate of drug-likeness (QED) is 0.846. The zero-order valence-corrected chi connectivity index (χ0v) is 12.3. The van der Waals surface area contributed by atoms with Gasteiger partial charge in [0.2, 0.25) is 5.95 Å². The molecule has 20 heavy (non-hydrogen) atoms. The van der Waals surface area contributed by atoms with Crippen molar-refractivity contribution in [3.8, 4) is 0 Å². The second kappa shape index (κ2) is 5.90. The van der Waals surface area contributed by atoms with Crippen molar-refractivity contribution in [3.05, 3.63) is 23.9 Å². The lowest BCUT2D eigenvalue weighted by molar-refractivity contribution is -0.141. The van der Waals surface area contributed by atoms with E-state index in [-0.39, 0.29) is 5.97 Å². The Balaban J connectivity index is 2.24. The maximum Gasteiger partial charge on any atom is 0.328 e. The van der Waals surface area contributed by atoms with E-state index in [0.29, 0.717) is 18.3 Å². The molecule has 2 aromatic heterocycles. The Morgan fingerprint density at radius 1 is 1.45 bits per heavy atom. The van der Waals surface area contributed by atoms with Crippen LogP contribution in [0.25, 0.3) is 5.65 Å². The standard InChI is InChI=1S/C14H20N4O2/c1-9(2)8-11(13(19)20-4)15-14-16-12-7-5-6-10(3)18(12)17-14/h5-7,9,11H,8H2,1-4H3,(H,15,17). The highest BCUT2D eigenvalue weighted by Gasteiger charge is 2.22. The molecule has 108 valence electrons. The molecule has 1 N–H and O–H groups in total. The number of hydrogen-bond acceptors (Lipinski definition) is 5. The van der Waals surface area contributed by atoms with Crippen LogP contribution >= 0.6 is 0 Å². The smallest absolute Gasteiger partial charge is 0.328 e. The van der Waals surface area contributed by atoms with E-state index in [1.807, 2.05) is 25.1 Å². The normalized spacial score (nSPS) is 12.7. The number of carbonyl (C=O) groups excluding carboxylic acids is 1. The van der Waals surface area contributed by atoms with E-state index < -0.39 is 6.04 Å². The maximum absolute atomic E-state index is 11.8. The first kappa shape index (κ1) is 14.3. The molecule has 1 atom stereocenters. The molecule has 0 aliphatic rings. The van der Waals surface area contributed by atoms with Crippen LogP contribution in [0.5, 0.6) is 0 Å². The number of carbonyl (C=O) groups is 1. The molecule has 0 aliphatic heterocycles. The van der Waals surface area contributed by atoms with E-state index in [2.05, 4.69) is 29.2 Å². The molecule has 0 amide bonds.